The minimum absolute atomic E-state index is 0.128. The zero-order valence-corrected chi connectivity index (χ0v) is 13.3. The van der Waals surface area contributed by atoms with Gasteiger partial charge in [0.1, 0.15) is 17.1 Å². The quantitative estimate of drug-likeness (QED) is 0.890. The third kappa shape index (κ3) is 3.05. The summed E-state index contributed by atoms with van der Waals surface area (Å²) in [6.07, 6.45) is 2.35. The van der Waals surface area contributed by atoms with Gasteiger partial charge in [0, 0.05) is 18.5 Å². The molecule has 0 saturated heterocycles. The number of rotatable bonds is 6. The second-order valence-electron chi connectivity index (χ2n) is 6.10. The van der Waals surface area contributed by atoms with Crippen LogP contribution in [0.15, 0.2) is 16.7 Å². The lowest BCUT2D eigenvalue weighted by molar-refractivity contribution is 0.0939. The highest BCUT2D eigenvalue weighted by atomic mass is 16.5. The lowest BCUT2D eigenvalue weighted by atomic mass is 10.1. The zero-order valence-electron chi connectivity index (χ0n) is 13.3. The van der Waals surface area contributed by atoms with Crippen LogP contribution >= 0.6 is 0 Å². The average Bonchev–Trinajstić information content (AvgIpc) is 3.09. The van der Waals surface area contributed by atoms with Crippen LogP contribution in [0.3, 0.4) is 0 Å². The van der Waals surface area contributed by atoms with Crippen LogP contribution in [-0.4, -0.2) is 20.8 Å². The Balaban J connectivity index is 1.65. The Morgan fingerprint density at radius 3 is 2.86 bits per heavy atom. The summed E-state index contributed by atoms with van der Waals surface area (Å²) in [6, 6.07) is 3.80. The van der Waals surface area contributed by atoms with Crippen LogP contribution < -0.4 is 5.32 Å². The van der Waals surface area contributed by atoms with E-state index in [0.717, 1.165) is 17.1 Å². The van der Waals surface area contributed by atoms with Gasteiger partial charge in [-0.1, -0.05) is 19.0 Å². The minimum atomic E-state index is -0.128. The van der Waals surface area contributed by atoms with E-state index in [9.17, 15) is 4.79 Å². The molecule has 1 amide bonds. The van der Waals surface area contributed by atoms with Gasteiger partial charge in [-0.2, -0.15) is 5.10 Å². The summed E-state index contributed by atoms with van der Waals surface area (Å²) in [6.45, 7) is 7.16. The Labute approximate surface area is 129 Å². The highest BCUT2D eigenvalue weighted by Gasteiger charge is 2.27. The number of carbonyl (C=O) groups is 1. The SMILES string of the molecule is CCn1nc(C(C)C)cc1C(=O)NCc1cc(C2CC2)on1. The molecule has 1 fully saturated rings. The van der Waals surface area contributed by atoms with Crippen LogP contribution in [-0.2, 0) is 13.1 Å². The summed E-state index contributed by atoms with van der Waals surface area (Å²) in [7, 11) is 0. The number of amides is 1. The predicted octanol–water partition coefficient (Wildman–Crippen LogP) is 2.82. The zero-order chi connectivity index (χ0) is 15.7. The number of hydrogen-bond donors (Lipinski definition) is 1. The van der Waals surface area contributed by atoms with Crippen molar-refractivity contribution in [2.24, 2.45) is 0 Å². The molecule has 1 aliphatic carbocycles. The monoisotopic (exact) mass is 302 g/mol. The van der Waals surface area contributed by atoms with Gasteiger partial charge >= 0.3 is 0 Å². The Morgan fingerprint density at radius 2 is 2.23 bits per heavy atom. The van der Waals surface area contributed by atoms with E-state index in [4.69, 9.17) is 4.52 Å². The lowest BCUT2D eigenvalue weighted by Gasteiger charge is -2.04. The van der Waals surface area contributed by atoms with Gasteiger partial charge in [-0.25, -0.2) is 0 Å². The average molecular weight is 302 g/mol. The van der Waals surface area contributed by atoms with E-state index in [1.165, 1.54) is 12.8 Å². The third-order valence-corrected chi connectivity index (χ3v) is 3.91. The van der Waals surface area contributed by atoms with E-state index in [-0.39, 0.29) is 5.91 Å². The minimum Gasteiger partial charge on any atom is -0.361 e. The molecule has 118 valence electrons. The van der Waals surface area contributed by atoms with Crippen LogP contribution in [0.5, 0.6) is 0 Å². The molecule has 1 N–H and O–H groups in total. The largest absolute Gasteiger partial charge is 0.361 e. The molecule has 6 nitrogen and oxygen atoms in total. The summed E-state index contributed by atoms with van der Waals surface area (Å²) in [5.41, 5.74) is 2.29. The van der Waals surface area contributed by atoms with Crippen molar-refractivity contribution in [2.75, 3.05) is 0 Å². The van der Waals surface area contributed by atoms with Gasteiger partial charge in [0.2, 0.25) is 0 Å². The molecule has 1 saturated carbocycles. The van der Waals surface area contributed by atoms with Gasteiger partial charge < -0.3 is 9.84 Å². The van der Waals surface area contributed by atoms with Crippen LogP contribution in [0.4, 0.5) is 0 Å². The lowest BCUT2D eigenvalue weighted by Crippen LogP contribution is -2.25. The molecule has 3 rings (SSSR count). The summed E-state index contributed by atoms with van der Waals surface area (Å²) in [5.74, 6) is 1.64. The molecule has 2 heterocycles. The molecule has 0 unspecified atom stereocenters. The Morgan fingerprint density at radius 1 is 1.45 bits per heavy atom. The van der Waals surface area contributed by atoms with Crippen molar-refractivity contribution in [2.45, 2.75) is 58.5 Å². The van der Waals surface area contributed by atoms with Crippen molar-refractivity contribution in [3.8, 4) is 0 Å². The molecule has 0 spiro atoms. The van der Waals surface area contributed by atoms with Crippen LogP contribution in [0.1, 0.15) is 73.1 Å². The van der Waals surface area contributed by atoms with Gasteiger partial charge in [-0.3, -0.25) is 9.48 Å². The van der Waals surface area contributed by atoms with Crippen molar-refractivity contribution >= 4 is 5.91 Å². The number of carbonyl (C=O) groups excluding carboxylic acids is 1. The van der Waals surface area contributed by atoms with Crippen LogP contribution in [0, 0.1) is 0 Å². The second-order valence-corrected chi connectivity index (χ2v) is 6.10. The number of hydrogen-bond acceptors (Lipinski definition) is 4. The maximum Gasteiger partial charge on any atom is 0.269 e. The summed E-state index contributed by atoms with van der Waals surface area (Å²) >= 11 is 0. The molecule has 0 aromatic carbocycles. The first-order chi connectivity index (χ1) is 10.6. The topological polar surface area (TPSA) is 73.0 Å². The number of nitrogens with zero attached hydrogens (tertiary/aromatic N) is 3. The Kier molecular flexibility index (Phi) is 4.00. The second kappa shape index (κ2) is 5.94. The Bertz CT molecular complexity index is 667. The van der Waals surface area contributed by atoms with Gasteiger partial charge in [-0.05, 0) is 31.7 Å². The molecular weight excluding hydrogens is 280 g/mol. The van der Waals surface area contributed by atoms with E-state index in [1.807, 2.05) is 19.1 Å². The number of aryl methyl sites for hydroxylation is 1. The predicted molar refractivity (Wildman–Crippen MR) is 81.6 cm³/mol. The molecular formula is C16H22N4O2. The first-order valence-corrected chi connectivity index (χ1v) is 7.90. The van der Waals surface area contributed by atoms with E-state index in [2.05, 4.69) is 29.4 Å². The fourth-order valence-electron chi connectivity index (χ4n) is 2.38. The molecule has 0 atom stereocenters. The van der Waals surface area contributed by atoms with Crippen molar-refractivity contribution in [3.05, 3.63) is 35.0 Å². The summed E-state index contributed by atoms with van der Waals surface area (Å²) in [5, 5.41) is 11.4. The first kappa shape index (κ1) is 14.8. The summed E-state index contributed by atoms with van der Waals surface area (Å²) in [4.78, 5) is 12.4. The molecule has 2 aromatic rings. The first-order valence-electron chi connectivity index (χ1n) is 7.90. The smallest absolute Gasteiger partial charge is 0.269 e. The van der Waals surface area contributed by atoms with Crippen LogP contribution in [0.2, 0.25) is 0 Å². The molecule has 2 aromatic heterocycles. The maximum atomic E-state index is 12.4. The number of aromatic nitrogens is 3. The van der Waals surface area contributed by atoms with Gasteiger partial charge in [0.15, 0.2) is 0 Å². The van der Waals surface area contributed by atoms with Gasteiger partial charge in [-0.15, -0.1) is 0 Å². The van der Waals surface area contributed by atoms with E-state index >= 15 is 0 Å². The molecule has 6 heteroatoms. The third-order valence-electron chi connectivity index (χ3n) is 3.91. The standard InChI is InChI=1S/C16H22N4O2/c1-4-20-14(8-13(18-20)10(2)3)16(21)17-9-12-7-15(22-19-12)11-5-6-11/h7-8,10-11H,4-6,9H2,1-3H3,(H,17,21). The summed E-state index contributed by atoms with van der Waals surface area (Å²) < 4.78 is 7.03. The van der Waals surface area contributed by atoms with Crippen LogP contribution in [0.25, 0.3) is 0 Å². The normalized spacial score (nSPS) is 14.5. The fourth-order valence-corrected chi connectivity index (χ4v) is 2.38. The highest BCUT2D eigenvalue weighted by Crippen LogP contribution is 2.40. The molecule has 0 radical (unpaired) electrons. The van der Waals surface area contributed by atoms with Crippen molar-refractivity contribution in [1.29, 1.82) is 0 Å². The molecule has 1 aliphatic rings. The van der Waals surface area contributed by atoms with Crippen molar-refractivity contribution in [1.82, 2.24) is 20.3 Å². The molecule has 22 heavy (non-hydrogen) atoms. The molecule has 0 bridgehead atoms. The van der Waals surface area contributed by atoms with E-state index < -0.39 is 0 Å². The van der Waals surface area contributed by atoms with Gasteiger partial charge in [0.05, 0.1) is 12.2 Å². The van der Waals surface area contributed by atoms with Crippen molar-refractivity contribution < 1.29 is 9.32 Å². The van der Waals surface area contributed by atoms with Gasteiger partial charge in [0.25, 0.3) is 5.91 Å². The fraction of sp³-hybridized carbons (Fsp3) is 0.562. The molecule has 0 aliphatic heterocycles. The van der Waals surface area contributed by atoms with Crippen molar-refractivity contribution in [3.63, 3.8) is 0 Å². The van der Waals surface area contributed by atoms with E-state index in [0.29, 0.717) is 30.6 Å². The Hall–Kier alpha value is -2.11. The number of nitrogens with one attached hydrogen (secondary N) is 1. The maximum absolute atomic E-state index is 12.4. The van der Waals surface area contributed by atoms with E-state index in [1.54, 1.807) is 4.68 Å². The highest BCUT2D eigenvalue weighted by molar-refractivity contribution is 5.92.